The van der Waals surface area contributed by atoms with Crippen molar-refractivity contribution in [2.24, 2.45) is 0 Å². The highest BCUT2D eigenvalue weighted by Crippen LogP contribution is 2.36. The van der Waals surface area contributed by atoms with E-state index in [1.807, 2.05) is 26.8 Å². The fourth-order valence-electron chi connectivity index (χ4n) is 4.50. The van der Waals surface area contributed by atoms with Crippen molar-refractivity contribution in [3.63, 3.8) is 0 Å². The van der Waals surface area contributed by atoms with Gasteiger partial charge in [0.15, 0.2) is 11.5 Å². The van der Waals surface area contributed by atoms with Crippen LogP contribution in [0.1, 0.15) is 53.9 Å². The first kappa shape index (κ1) is 32.7. The largest absolute Gasteiger partial charge is 0.493 e. The molecule has 0 radical (unpaired) electrons. The van der Waals surface area contributed by atoms with E-state index >= 15 is 0 Å². The van der Waals surface area contributed by atoms with E-state index in [2.05, 4.69) is 16.0 Å². The third-order valence-corrected chi connectivity index (χ3v) is 6.51. The Morgan fingerprint density at radius 1 is 0.733 bits per heavy atom. The van der Waals surface area contributed by atoms with Gasteiger partial charge in [-0.15, -0.1) is 0 Å². The quantitative estimate of drug-likeness (QED) is 0.176. The van der Waals surface area contributed by atoms with Crippen molar-refractivity contribution in [3.05, 3.63) is 113 Å². The molecule has 0 aliphatic heterocycles. The van der Waals surface area contributed by atoms with Crippen LogP contribution < -0.4 is 30.2 Å². The smallest absolute Gasteiger partial charge is 0.416 e. The number of carbonyl (C=O) groups is 2. The number of nitrogens with one attached hydrogen (secondary N) is 3. The van der Waals surface area contributed by atoms with Crippen LogP contribution in [-0.2, 0) is 6.18 Å². The lowest BCUT2D eigenvalue weighted by Crippen LogP contribution is -2.40. The van der Waals surface area contributed by atoms with Gasteiger partial charge in [-0.1, -0.05) is 48.5 Å². The Morgan fingerprint density at radius 3 is 2.00 bits per heavy atom. The van der Waals surface area contributed by atoms with E-state index in [0.29, 0.717) is 28.3 Å². The zero-order chi connectivity index (χ0) is 32.8. The highest BCUT2D eigenvalue weighted by atomic mass is 19.4. The summed E-state index contributed by atoms with van der Waals surface area (Å²) in [5.74, 6) is 0.444. The summed E-state index contributed by atoms with van der Waals surface area (Å²) in [6.45, 7) is 5.45. The highest BCUT2D eigenvalue weighted by Gasteiger charge is 2.31. The maximum absolute atomic E-state index is 13.5. The van der Waals surface area contributed by atoms with Crippen LogP contribution in [0.5, 0.6) is 17.2 Å². The molecule has 0 bridgehead atoms. The van der Waals surface area contributed by atoms with Crippen LogP contribution in [0.15, 0.2) is 91.0 Å². The molecule has 4 aromatic rings. The molecule has 1 atom stereocenters. The second kappa shape index (κ2) is 13.6. The number of para-hydroxylation sites is 1. The van der Waals surface area contributed by atoms with E-state index in [1.165, 1.54) is 38.5 Å². The molecule has 0 heterocycles. The lowest BCUT2D eigenvalue weighted by Gasteiger charge is -2.25. The molecule has 4 aromatic carbocycles. The number of hydrogen-bond acceptors (Lipinski definition) is 5. The number of amides is 3. The van der Waals surface area contributed by atoms with Gasteiger partial charge in [0.2, 0.25) is 0 Å². The number of benzene rings is 4. The predicted octanol–water partition coefficient (Wildman–Crippen LogP) is 8.06. The van der Waals surface area contributed by atoms with Crippen molar-refractivity contribution in [3.8, 4) is 17.2 Å². The first-order valence-electron chi connectivity index (χ1n) is 13.9. The molecule has 8 nitrogen and oxygen atoms in total. The van der Waals surface area contributed by atoms with Crippen molar-refractivity contribution in [1.29, 1.82) is 0 Å². The monoisotopic (exact) mass is 621 g/mol. The van der Waals surface area contributed by atoms with Gasteiger partial charge in [0.25, 0.3) is 5.91 Å². The highest BCUT2D eigenvalue weighted by molar-refractivity contribution is 6.03. The van der Waals surface area contributed by atoms with Gasteiger partial charge >= 0.3 is 12.2 Å². The molecule has 3 N–H and O–H groups in total. The fraction of sp³-hybridized carbons (Fsp3) is 0.235. The van der Waals surface area contributed by atoms with Crippen molar-refractivity contribution >= 4 is 23.3 Å². The molecule has 0 aliphatic rings. The molecule has 0 spiro atoms. The lowest BCUT2D eigenvalue weighted by atomic mass is 9.99. The number of anilines is 2. The topological polar surface area (TPSA) is 97.9 Å². The number of carbonyl (C=O) groups excluding carboxylic acids is 2. The van der Waals surface area contributed by atoms with Crippen LogP contribution in [-0.4, -0.2) is 31.7 Å². The first-order valence-corrected chi connectivity index (χ1v) is 13.9. The predicted molar refractivity (Wildman–Crippen MR) is 166 cm³/mol. The molecule has 3 amide bonds. The van der Waals surface area contributed by atoms with E-state index in [9.17, 15) is 22.8 Å². The Morgan fingerprint density at radius 2 is 1.40 bits per heavy atom. The summed E-state index contributed by atoms with van der Waals surface area (Å²) in [5.41, 5.74) is 0.468. The summed E-state index contributed by atoms with van der Waals surface area (Å²) < 4.78 is 56.8. The maximum atomic E-state index is 13.5. The Bertz CT molecular complexity index is 1640. The lowest BCUT2D eigenvalue weighted by molar-refractivity contribution is -0.137. The Labute approximate surface area is 259 Å². The summed E-state index contributed by atoms with van der Waals surface area (Å²) >= 11 is 0. The SMILES string of the molecule is COc1cccc(NC(=O)Nc2ccc(OC(c3ccccc3)c3ccc(C(F)(F)F)cc3)c(C(=O)NC(C)(C)C)c2)c1OC. The van der Waals surface area contributed by atoms with Gasteiger partial charge in [-0.25, -0.2) is 4.79 Å². The van der Waals surface area contributed by atoms with Crippen molar-refractivity contribution in [2.45, 2.75) is 38.6 Å². The van der Waals surface area contributed by atoms with E-state index in [1.54, 1.807) is 48.5 Å². The molecule has 45 heavy (non-hydrogen) atoms. The number of hydrogen-bond donors (Lipinski definition) is 3. The van der Waals surface area contributed by atoms with Gasteiger partial charge in [0.1, 0.15) is 11.9 Å². The molecule has 0 aromatic heterocycles. The van der Waals surface area contributed by atoms with Gasteiger partial charge in [-0.05, 0) is 74.4 Å². The zero-order valence-electron chi connectivity index (χ0n) is 25.4. The minimum atomic E-state index is -4.49. The van der Waals surface area contributed by atoms with Gasteiger partial charge in [-0.3, -0.25) is 4.79 Å². The Kier molecular flexibility index (Phi) is 9.91. The number of methoxy groups -OCH3 is 2. The fourth-order valence-corrected chi connectivity index (χ4v) is 4.50. The molecule has 4 rings (SSSR count). The summed E-state index contributed by atoms with van der Waals surface area (Å²) in [6, 6.07) is 22.6. The van der Waals surface area contributed by atoms with E-state index in [-0.39, 0.29) is 17.0 Å². The van der Waals surface area contributed by atoms with Crippen LogP contribution in [0.2, 0.25) is 0 Å². The van der Waals surface area contributed by atoms with Crippen molar-refractivity contribution in [2.75, 3.05) is 24.9 Å². The van der Waals surface area contributed by atoms with E-state index in [4.69, 9.17) is 14.2 Å². The number of ether oxygens (including phenoxy) is 3. The number of alkyl halides is 3. The molecule has 0 fully saturated rings. The molecule has 236 valence electrons. The molecule has 1 unspecified atom stereocenters. The van der Waals surface area contributed by atoms with E-state index in [0.717, 1.165) is 12.1 Å². The van der Waals surface area contributed by atoms with Crippen LogP contribution in [0.25, 0.3) is 0 Å². The molecule has 11 heteroatoms. The van der Waals surface area contributed by atoms with Gasteiger partial charge in [0, 0.05) is 11.2 Å². The van der Waals surface area contributed by atoms with Crippen LogP contribution >= 0.6 is 0 Å². The molecule has 0 aliphatic carbocycles. The molecular formula is C34H34F3N3O5. The second-order valence-electron chi connectivity index (χ2n) is 11.1. The third kappa shape index (κ3) is 8.47. The zero-order valence-corrected chi connectivity index (χ0v) is 25.4. The molecule has 0 saturated heterocycles. The maximum Gasteiger partial charge on any atom is 0.416 e. The van der Waals surface area contributed by atoms with Gasteiger partial charge in [0.05, 0.1) is 31.0 Å². The second-order valence-corrected chi connectivity index (χ2v) is 11.1. The third-order valence-electron chi connectivity index (χ3n) is 6.51. The molecular weight excluding hydrogens is 587 g/mol. The van der Waals surface area contributed by atoms with E-state index < -0.39 is 35.3 Å². The van der Waals surface area contributed by atoms with Gasteiger partial charge < -0.3 is 30.2 Å². The average molecular weight is 622 g/mol. The minimum Gasteiger partial charge on any atom is -0.493 e. The summed E-state index contributed by atoms with van der Waals surface area (Å²) in [5, 5.41) is 8.32. The normalized spacial score (nSPS) is 12.1. The summed E-state index contributed by atoms with van der Waals surface area (Å²) in [6.07, 6.45) is -5.34. The Hall–Kier alpha value is -5.19. The first-order chi connectivity index (χ1) is 21.3. The van der Waals surface area contributed by atoms with Crippen LogP contribution in [0.4, 0.5) is 29.3 Å². The molecule has 0 saturated carbocycles. The van der Waals surface area contributed by atoms with Crippen LogP contribution in [0, 0.1) is 0 Å². The summed E-state index contributed by atoms with van der Waals surface area (Å²) in [4.78, 5) is 26.5. The standard InChI is InChI=1S/C34H34F3N3O5/c1-33(2,3)40-31(41)25-20-24(38-32(42)39-26-12-9-13-28(43-4)30(26)44-5)18-19-27(25)45-29(21-10-7-6-8-11-21)22-14-16-23(17-15-22)34(35,36)37/h6-20,29H,1-5H3,(H,40,41)(H2,38,39,42). The van der Waals surface area contributed by atoms with Crippen LogP contribution in [0.3, 0.4) is 0 Å². The minimum absolute atomic E-state index is 0.106. The Balaban J connectivity index is 1.68. The number of urea groups is 1. The van der Waals surface area contributed by atoms with Crippen molar-refractivity contribution < 1.29 is 37.0 Å². The summed E-state index contributed by atoms with van der Waals surface area (Å²) in [7, 11) is 2.93. The number of rotatable bonds is 9. The van der Waals surface area contributed by atoms with Gasteiger partial charge in [-0.2, -0.15) is 13.2 Å². The average Bonchev–Trinajstić information content (AvgIpc) is 2.99. The number of halogens is 3. The van der Waals surface area contributed by atoms with Crippen molar-refractivity contribution in [1.82, 2.24) is 5.32 Å².